The summed E-state index contributed by atoms with van der Waals surface area (Å²) in [4.78, 5) is 11.8. The molecule has 0 radical (unpaired) electrons. The largest absolute Gasteiger partial charge is 0.490 e. The van der Waals surface area contributed by atoms with Crippen LogP contribution in [0.4, 0.5) is 10.1 Å². The van der Waals surface area contributed by atoms with Crippen LogP contribution in [0, 0.1) is 5.82 Å². The predicted octanol–water partition coefficient (Wildman–Crippen LogP) is 2.26. The van der Waals surface area contributed by atoms with E-state index >= 15 is 0 Å². The molecule has 30 heavy (non-hydrogen) atoms. The monoisotopic (exact) mass is 438 g/mol. The first-order valence-corrected chi connectivity index (χ1v) is 10.9. The summed E-state index contributed by atoms with van der Waals surface area (Å²) in [5, 5.41) is 2.53. The lowest BCUT2D eigenvalue weighted by Gasteiger charge is -2.26. The smallest absolute Gasteiger partial charge is 0.262 e. The molecule has 0 saturated carbocycles. The molecule has 0 atom stereocenters. The van der Waals surface area contributed by atoms with E-state index in [4.69, 9.17) is 14.2 Å². The average Bonchev–Trinajstić information content (AvgIpc) is 2.75. The number of hydrogen-bond acceptors (Lipinski definition) is 6. The van der Waals surface area contributed by atoms with Crippen LogP contribution in [0.3, 0.4) is 0 Å². The van der Waals surface area contributed by atoms with E-state index in [9.17, 15) is 17.6 Å². The van der Waals surface area contributed by atoms with Crippen molar-refractivity contribution in [2.75, 3.05) is 44.8 Å². The van der Waals surface area contributed by atoms with Crippen molar-refractivity contribution in [1.82, 2.24) is 4.31 Å². The number of ether oxygens (including phenoxy) is 3. The summed E-state index contributed by atoms with van der Waals surface area (Å²) in [6.45, 7) is 2.74. The molecule has 0 unspecified atom stereocenters. The van der Waals surface area contributed by atoms with Crippen molar-refractivity contribution < 1.29 is 31.8 Å². The summed E-state index contributed by atoms with van der Waals surface area (Å²) in [5.74, 6) is -0.498. The van der Waals surface area contributed by atoms with E-state index < -0.39 is 26.6 Å². The minimum Gasteiger partial charge on any atom is -0.490 e. The van der Waals surface area contributed by atoms with Gasteiger partial charge in [-0.2, -0.15) is 4.31 Å². The number of benzene rings is 2. The van der Waals surface area contributed by atoms with E-state index in [-0.39, 0.29) is 38.6 Å². The van der Waals surface area contributed by atoms with E-state index in [0.29, 0.717) is 18.1 Å². The third-order valence-electron chi connectivity index (χ3n) is 4.31. The van der Waals surface area contributed by atoms with Gasteiger partial charge >= 0.3 is 0 Å². The molecule has 0 aromatic heterocycles. The molecule has 1 aliphatic heterocycles. The molecule has 8 nitrogen and oxygen atoms in total. The van der Waals surface area contributed by atoms with E-state index in [0.717, 1.165) is 16.4 Å². The molecule has 1 amide bonds. The van der Waals surface area contributed by atoms with Gasteiger partial charge in [-0.1, -0.05) is 12.1 Å². The van der Waals surface area contributed by atoms with Crippen molar-refractivity contribution in [2.24, 2.45) is 0 Å². The van der Waals surface area contributed by atoms with Crippen LogP contribution >= 0.6 is 0 Å². The quantitative estimate of drug-likeness (QED) is 0.680. The zero-order chi connectivity index (χ0) is 21.6. The molecule has 0 aliphatic carbocycles. The summed E-state index contributed by atoms with van der Waals surface area (Å²) < 4.78 is 57.0. The van der Waals surface area contributed by atoms with Crippen molar-refractivity contribution >= 4 is 21.6 Å². The van der Waals surface area contributed by atoms with Crippen molar-refractivity contribution in [3.05, 3.63) is 48.3 Å². The Bertz CT molecular complexity index is 993. The van der Waals surface area contributed by atoms with Gasteiger partial charge in [0.1, 0.15) is 10.7 Å². The first kappa shape index (κ1) is 22.0. The second-order valence-electron chi connectivity index (χ2n) is 6.38. The van der Waals surface area contributed by atoms with Gasteiger partial charge in [-0.15, -0.1) is 0 Å². The molecule has 3 rings (SSSR count). The molecule has 1 heterocycles. The molecular formula is C20H23FN2O6S. The summed E-state index contributed by atoms with van der Waals surface area (Å²) in [5.41, 5.74) is 0.148. The van der Waals surface area contributed by atoms with Gasteiger partial charge in [0, 0.05) is 18.8 Å². The maximum Gasteiger partial charge on any atom is 0.262 e. The second kappa shape index (κ2) is 9.88. The topological polar surface area (TPSA) is 94.2 Å². The number of morpholine rings is 1. The summed E-state index contributed by atoms with van der Waals surface area (Å²) in [6.07, 6.45) is 0. The number of hydrogen-bond donors (Lipinski definition) is 1. The predicted molar refractivity (Wildman–Crippen MR) is 108 cm³/mol. The van der Waals surface area contributed by atoms with Gasteiger partial charge in [0.05, 0.1) is 19.8 Å². The lowest BCUT2D eigenvalue weighted by atomic mass is 10.3. The first-order valence-electron chi connectivity index (χ1n) is 9.43. The minimum atomic E-state index is -4.04. The second-order valence-corrected chi connectivity index (χ2v) is 8.28. The molecular weight excluding hydrogens is 415 g/mol. The Balaban J connectivity index is 1.68. The van der Waals surface area contributed by atoms with Crippen molar-refractivity contribution in [2.45, 2.75) is 11.8 Å². The molecule has 10 heteroatoms. The molecule has 0 spiro atoms. The Kier molecular flexibility index (Phi) is 7.24. The number of halogens is 1. The number of carbonyl (C=O) groups excluding carboxylic acids is 1. The Morgan fingerprint density at radius 2 is 1.80 bits per heavy atom. The van der Waals surface area contributed by atoms with Crippen molar-refractivity contribution in [1.29, 1.82) is 0 Å². The number of rotatable bonds is 8. The molecule has 2 aromatic carbocycles. The molecule has 0 bridgehead atoms. The minimum absolute atomic E-state index is 0.144. The van der Waals surface area contributed by atoms with Crippen LogP contribution in [-0.2, 0) is 19.6 Å². The normalized spacial score (nSPS) is 14.9. The van der Waals surface area contributed by atoms with E-state index in [1.54, 1.807) is 24.3 Å². The Morgan fingerprint density at radius 1 is 1.13 bits per heavy atom. The fourth-order valence-electron chi connectivity index (χ4n) is 2.89. The molecule has 2 aromatic rings. The summed E-state index contributed by atoms with van der Waals surface area (Å²) in [6, 6.07) is 10.3. The van der Waals surface area contributed by atoms with Crippen LogP contribution < -0.4 is 14.8 Å². The molecule has 1 fully saturated rings. The van der Waals surface area contributed by atoms with Crippen LogP contribution in [-0.4, -0.2) is 58.1 Å². The summed E-state index contributed by atoms with van der Waals surface area (Å²) >= 11 is 0. The van der Waals surface area contributed by atoms with E-state index in [1.807, 2.05) is 6.92 Å². The van der Waals surface area contributed by atoms with Gasteiger partial charge in [-0.05, 0) is 37.3 Å². The van der Waals surface area contributed by atoms with Crippen LogP contribution in [0.2, 0.25) is 0 Å². The highest BCUT2D eigenvalue weighted by atomic mass is 32.2. The van der Waals surface area contributed by atoms with Gasteiger partial charge in [0.2, 0.25) is 10.0 Å². The van der Waals surface area contributed by atoms with Gasteiger partial charge < -0.3 is 19.5 Å². The standard InChI is InChI=1S/C20H23FN2O6S/c1-2-28-17-5-3-4-6-18(17)29-14-20(24)22-15-7-8-16(21)19(13-15)30(25,26)23-9-11-27-12-10-23/h3-8,13H,2,9-12,14H2,1H3,(H,22,24). The highest BCUT2D eigenvalue weighted by Gasteiger charge is 2.29. The fourth-order valence-corrected chi connectivity index (χ4v) is 4.39. The lowest BCUT2D eigenvalue weighted by Crippen LogP contribution is -2.40. The van der Waals surface area contributed by atoms with Gasteiger partial charge in [-0.3, -0.25) is 4.79 Å². The van der Waals surface area contributed by atoms with Crippen LogP contribution in [0.15, 0.2) is 47.4 Å². The third kappa shape index (κ3) is 5.26. The van der Waals surface area contributed by atoms with E-state index in [2.05, 4.69) is 5.32 Å². The fraction of sp³-hybridized carbons (Fsp3) is 0.350. The number of carbonyl (C=O) groups is 1. The highest BCUT2D eigenvalue weighted by molar-refractivity contribution is 7.89. The highest BCUT2D eigenvalue weighted by Crippen LogP contribution is 2.27. The Morgan fingerprint density at radius 3 is 2.47 bits per heavy atom. The van der Waals surface area contributed by atoms with Gasteiger partial charge in [-0.25, -0.2) is 12.8 Å². The molecule has 1 N–H and O–H groups in total. The van der Waals surface area contributed by atoms with E-state index in [1.165, 1.54) is 6.07 Å². The van der Waals surface area contributed by atoms with Gasteiger partial charge in [0.15, 0.2) is 18.1 Å². The number of para-hydroxylation sites is 2. The number of amides is 1. The zero-order valence-corrected chi connectivity index (χ0v) is 17.3. The van der Waals surface area contributed by atoms with Crippen molar-refractivity contribution in [3.8, 4) is 11.5 Å². The van der Waals surface area contributed by atoms with Crippen LogP contribution in [0.25, 0.3) is 0 Å². The van der Waals surface area contributed by atoms with Gasteiger partial charge in [0.25, 0.3) is 5.91 Å². The molecule has 1 aliphatic rings. The number of nitrogens with one attached hydrogen (secondary N) is 1. The van der Waals surface area contributed by atoms with Crippen LogP contribution in [0.1, 0.15) is 6.92 Å². The third-order valence-corrected chi connectivity index (χ3v) is 6.22. The number of sulfonamides is 1. The Labute approximate surface area is 174 Å². The molecule has 162 valence electrons. The maximum absolute atomic E-state index is 14.3. The lowest BCUT2D eigenvalue weighted by molar-refractivity contribution is -0.118. The molecule has 1 saturated heterocycles. The SMILES string of the molecule is CCOc1ccccc1OCC(=O)Nc1ccc(F)c(S(=O)(=O)N2CCOCC2)c1. The number of anilines is 1. The van der Waals surface area contributed by atoms with Crippen molar-refractivity contribution in [3.63, 3.8) is 0 Å². The zero-order valence-electron chi connectivity index (χ0n) is 16.5. The summed E-state index contributed by atoms with van der Waals surface area (Å²) in [7, 11) is -4.04. The number of nitrogens with zero attached hydrogens (tertiary/aromatic N) is 1. The van der Waals surface area contributed by atoms with Crippen LogP contribution in [0.5, 0.6) is 11.5 Å². The maximum atomic E-state index is 14.3. The Hall–Kier alpha value is -2.69. The average molecular weight is 438 g/mol. The first-order chi connectivity index (χ1) is 14.4.